The summed E-state index contributed by atoms with van der Waals surface area (Å²) in [4.78, 5) is 67.7. The quantitative estimate of drug-likeness (QED) is 0.0728. The molecule has 1 saturated carbocycles. The highest BCUT2D eigenvalue weighted by Gasteiger charge is 2.80. The Morgan fingerprint density at radius 2 is 1.05 bits per heavy atom. The first-order chi connectivity index (χ1) is 29.1. The number of amides is 3. The van der Waals surface area contributed by atoms with Crippen molar-refractivity contribution >= 4 is 35.5 Å². The Labute approximate surface area is 355 Å². The molecule has 0 heterocycles. The van der Waals surface area contributed by atoms with Crippen LogP contribution in [0.15, 0.2) is 133 Å². The van der Waals surface area contributed by atoms with Crippen LogP contribution in [0.5, 0.6) is 11.5 Å². The van der Waals surface area contributed by atoms with Crippen molar-refractivity contribution in [3.05, 3.63) is 161 Å². The van der Waals surface area contributed by atoms with E-state index >= 15 is 0 Å². The maximum Gasteiger partial charge on any atom is 0.412 e. The normalized spacial score (nSPS) is 19.0. The number of nitrogens with one attached hydrogen (secondary N) is 3. The van der Waals surface area contributed by atoms with E-state index in [4.69, 9.17) is 14.2 Å². The lowest BCUT2D eigenvalue weighted by molar-refractivity contribution is -0.174. The number of rotatable bonds is 14. The van der Waals surface area contributed by atoms with E-state index in [0.29, 0.717) is 17.2 Å². The molecule has 6 rings (SSSR count). The summed E-state index contributed by atoms with van der Waals surface area (Å²) in [5, 5.41) is 30.6. The lowest BCUT2D eigenvalue weighted by Gasteiger charge is -2.64. The van der Waals surface area contributed by atoms with Crippen molar-refractivity contribution in [1.29, 1.82) is 0 Å². The van der Waals surface area contributed by atoms with E-state index in [0.717, 1.165) is 18.1 Å². The molecule has 0 aliphatic heterocycles. The third-order valence-corrected chi connectivity index (χ3v) is 9.90. The number of anilines is 1. The van der Waals surface area contributed by atoms with Crippen molar-refractivity contribution < 1.29 is 48.4 Å². The van der Waals surface area contributed by atoms with Crippen molar-refractivity contribution in [3.8, 4) is 11.5 Å². The number of benzene rings is 5. The molecule has 0 radical (unpaired) electrons. The van der Waals surface area contributed by atoms with Crippen LogP contribution in [0.2, 0.25) is 0 Å². The number of carboxylic acid groups (broad SMARTS) is 2. The molecule has 1 fully saturated rings. The Hall–Kier alpha value is -7.15. The van der Waals surface area contributed by atoms with Gasteiger partial charge in [-0.2, -0.15) is 0 Å². The van der Waals surface area contributed by atoms with Gasteiger partial charge in [-0.05, 0) is 91.6 Å². The van der Waals surface area contributed by atoms with E-state index in [1.54, 1.807) is 45.0 Å². The first-order valence-electron chi connectivity index (χ1n) is 19.8. The topological polar surface area (TPSA) is 190 Å². The monoisotopic (exact) mass is 829 g/mol. The van der Waals surface area contributed by atoms with Crippen molar-refractivity contribution in [2.75, 3.05) is 5.32 Å². The summed E-state index contributed by atoms with van der Waals surface area (Å²) >= 11 is 0. The zero-order valence-corrected chi connectivity index (χ0v) is 34.9. The number of carboxylic acids is 2. The lowest BCUT2D eigenvalue weighted by Crippen LogP contribution is -2.86. The van der Waals surface area contributed by atoms with E-state index in [9.17, 15) is 34.2 Å². The Morgan fingerprint density at radius 1 is 0.607 bits per heavy atom. The molecule has 5 aromatic carbocycles. The Morgan fingerprint density at radius 3 is 1.46 bits per heavy atom. The minimum Gasteiger partial charge on any atom is -0.489 e. The highest BCUT2D eigenvalue weighted by Crippen LogP contribution is 2.63. The van der Waals surface area contributed by atoms with Crippen LogP contribution >= 0.6 is 0 Å². The number of ether oxygens (including phenoxy) is 3. The van der Waals surface area contributed by atoms with Gasteiger partial charge < -0.3 is 35.1 Å². The largest absolute Gasteiger partial charge is 0.489 e. The van der Waals surface area contributed by atoms with Crippen LogP contribution in [-0.4, -0.2) is 56.7 Å². The van der Waals surface area contributed by atoms with Crippen molar-refractivity contribution in [2.45, 2.75) is 83.3 Å². The zero-order valence-electron chi connectivity index (χ0n) is 34.9. The minimum atomic E-state index is -2.40. The molecule has 1 aliphatic rings. The van der Waals surface area contributed by atoms with Gasteiger partial charge in [-0.25, -0.2) is 14.4 Å². The summed E-state index contributed by atoms with van der Waals surface area (Å²) in [5.74, 6) is -7.31. The van der Waals surface area contributed by atoms with Crippen LogP contribution < -0.4 is 25.4 Å². The molecular formula is C48H51N3O10. The second-order valence-corrected chi connectivity index (χ2v) is 15.2. The SMILES string of the molecule is CC.CC(=O)NC1(C(=O)O)C(c2cccc(OCc3ccccc3)c2)C(NC(=O)c2ccc(NC(=O)OC(C)(C)C)cc2)(C(=O)O)C1c1cccc(OCc2ccccc2)c1. The maximum atomic E-state index is 14.3. The maximum absolute atomic E-state index is 14.3. The molecule has 13 heteroatoms. The van der Waals surface area contributed by atoms with Gasteiger partial charge in [-0.1, -0.05) is 98.8 Å². The number of hydrogen-bond acceptors (Lipinski definition) is 8. The summed E-state index contributed by atoms with van der Waals surface area (Å²) in [6, 6.07) is 36.9. The molecule has 13 nitrogen and oxygen atoms in total. The highest BCUT2D eigenvalue weighted by atomic mass is 16.6. The second-order valence-electron chi connectivity index (χ2n) is 15.2. The molecule has 0 spiro atoms. The van der Waals surface area contributed by atoms with E-state index in [1.807, 2.05) is 74.5 Å². The number of carbonyl (C=O) groups excluding carboxylic acids is 3. The second kappa shape index (κ2) is 19.3. The minimum absolute atomic E-state index is 0.00473. The Balaban J connectivity index is 0.00000347. The average Bonchev–Trinajstić information content (AvgIpc) is 3.22. The smallest absolute Gasteiger partial charge is 0.412 e. The van der Waals surface area contributed by atoms with Crippen LogP contribution in [0.1, 0.15) is 86.0 Å². The predicted molar refractivity (Wildman–Crippen MR) is 230 cm³/mol. The van der Waals surface area contributed by atoms with Gasteiger partial charge in [-0.15, -0.1) is 0 Å². The number of hydrogen-bond donors (Lipinski definition) is 5. The third-order valence-electron chi connectivity index (χ3n) is 9.90. The van der Waals surface area contributed by atoms with Gasteiger partial charge in [0.25, 0.3) is 5.91 Å². The van der Waals surface area contributed by atoms with E-state index < -0.39 is 58.4 Å². The Bertz CT molecular complexity index is 2230. The summed E-state index contributed by atoms with van der Waals surface area (Å²) in [5.41, 5.74) is -3.13. The van der Waals surface area contributed by atoms with Gasteiger partial charge in [0.15, 0.2) is 11.1 Å². The standard InChI is InChI=1S/C46H45N3O10.C2H6/c1-29(50)48-45(41(52)53)38(33-17-11-19-36(25-33)57-27-30-13-7-5-8-14-30)46(42(54)55,39(45)34-18-12-20-37(26-34)58-28-31-15-9-6-10-16-31)49-40(51)32-21-23-35(24-22-32)47-43(56)59-44(2,3)4;1-2/h5-26,38-39H,27-28H2,1-4H3,(H,47,56)(H,48,50)(H,49,51)(H,52,53)(H,54,55);1-2H3. The Kier molecular flexibility index (Phi) is 14.2. The fourth-order valence-corrected chi connectivity index (χ4v) is 7.62. The third kappa shape index (κ3) is 10.2. The van der Waals surface area contributed by atoms with Crippen LogP contribution in [-0.2, 0) is 32.3 Å². The van der Waals surface area contributed by atoms with Crippen molar-refractivity contribution in [1.82, 2.24) is 10.6 Å². The first kappa shape index (κ1) is 44.9. The van der Waals surface area contributed by atoms with E-state index in [1.165, 1.54) is 48.5 Å². The van der Waals surface area contributed by atoms with E-state index in [2.05, 4.69) is 16.0 Å². The van der Waals surface area contributed by atoms with Crippen LogP contribution in [0.3, 0.4) is 0 Å². The molecule has 1 aliphatic carbocycles. The van der Waals surface area contributed by atoms with Gasteiger partial charge >= 0.3 is 18.0 Å². The van der Waals surface area contributed by atoms with Crippen molar-refractivity contribution in [2.24, 2.45) is 0 Å². The molecule has 0 aromatic heterocycles. The fraction of sp³-hybridized carbons (Fsp3) is 0.271. The molecule has 2 unspecified atom stereocenters. The molecule has 0 bridgehead atoms. The van der Waals surface area contributed by atoms with Gasteiger partial charge in [0.05, 0.1) is 11.8 Å². The number of carbonyl (C=O) groups is 5. The summed E-state index contributed by atoms with van der Waals surface area (Å²) in [6.45, 7) is 10.6. The summed E-state index contributed by atoms with van der Waals surface area (Å²) in [7, 11) is 0. The van der Waals surface area contributed by atoms with Gasteiger partial charge in [0.1, 0.15) is 30.3 Å². The van der Waals surface area contributed by atoms with Crippen LogP contribution in [0.4, 0.5) is 10.5 Å². The van der Waals surface area contributed by atoms with Gasteiger partial charge in [-0.3, -0.25) is 14.9 Å². The lowest BCUT2D eigenvalue weighted by atomic mass is 9.43. The van der Waals surface area contributed by atoms with Crippen LogP contribution in [0.25, 0.3) is 0 Å². The van der Waals surface area contributed by atoms with Crippen LogP contribution in [0, 0.1) is 0 Å². The zero-order chi connectivity index (χ0) is 44.4. The molecule has 318 valence electrons. The predicted octanol–water partition coefficient (Wildman–Crippen LogP) is 8.31. The number of aliphatic carboxylic acids is 2. The molecule has 5 N–H and O–H groups in total. The van der Waals surface area contributed by atoms with Gasteiger partial charge in [0, 0.05) is 18.2 Å². The fourth-order valence-electron chi connectivity index (χ4n) is 7.62. The van der Waals surface area contributed by atoms with Crippen molar-refractivity contribution in [3.63, 3.8) is 0 Å². The average molecular weight is 830 g/mol. The summed E-state index contributed by atoms with van der Waals surface area (Å²) in [6.07, 6.45) is -0.715. The molecule has 5 aromatic rings. The molecular weight excluding hydrogens is 779 g/mol. The summed E-state index contributed by atoms with van der Waals surface area (Å²) < 4.78 is 17.5. The van der Waals surface area contributed by atoms with Gasteiger partial charge in [0.2, 0.25) is 5.91 Å². The molecule has 61 heavy (non-hydrogen) atoms. The molecule has 0 saturated heterocycles. The molecule has 3 amide bonds. The first-order valence-corrected chi connectivity index (χ1v) is 19.8. The van der Waals surface area contributed by atoms with E-state index in [-0.39, 0.29) is 29.9 Å². The molecule has 2 atom stereocenters. The highest BCUT2D eigenvalue weighted by molar-refractivity contribution is 6.04.